The minimum absolute atomic E-state index is 0.193. The first kappa shape index (κ1) is 17.3. The van der Waals surface area contributed by atoms with Gasteiger partial charge in [0, 0.05) is 36.7 Å². The fourth-order valence-electron chi connectivity index (χ4n) is 4.74. The van der Waals surface area contributed by atoms with E-state index >= 15 is 0 Å². The lowest BCUT2D eigenvalue weighted by atomic mass is 9.78. The molecule has 3 heterocycles. The van der Waals surface area contributed by atoms with Crippen molar-refractivity contribution < 1.29 is 4.79 Å². The summed E-state index contributed by atoms with van der Waals surface area (Å²) in [4.78, 5) is 15.3. The van der Waals surface area contributed by atoms with Crippen LogP contribution in [0.2, 0.25) is 0 Å². The molecule has 1 amide bonds. The third-order valence-corrected chi connectivity index (χ3v) is 6.46. The Hall–Kier alpha value is -2.07. The van der Waals surface area contributed by atoms with E-state index in [0.717, 1.165) is 61.7 Å². The highest BCUT2D eigenvalue weighted by Crippen LogP contribution is 2.37. The second-order valence-electron chi connectivity index (χ2n) is 8.13. The third-order valence-electron chi connectivity index (χ3n) is 6.46. The SMILES string of the molecule is Cc1ccccc1-n1c(C)cc(C(=O)N2CCC3(CCNC3)CC2)c1C. The zero-order chi connectivity index (χ0) is 18.3. The zero-order valence-corrected chi connectivity index (χ0v) is 16.1. The Morgan fingerprint density at radius 3 is 2.46 bits per heavy atom. The lowest BCUT2D eigenvalue weighted by Gasteiger charge is -2.38. The van der Waals surface area contributed by atoms with Crippen molar-refractivity contribution in [2.75, 3.05) is 26.2 Å². The van der Waals surface area contributed by atoms with Gasteiger partial charge >= 0.3 is 0 Å². The maximum absolute atomic E-state index is 13.2. The number of nitrogens with zero attached hydrogens (tertiary/aromatic N) is 2. The summed E-state index contributed by atoms with van der Waals surface area (Å²) in [5.41, 5.74) is 5.84. The summed E-state index contributed by atoms with van der Waals surface area (Å²) < 4.78 is 2.22. The van der Waals surface area contributed by atoms with Crippen LogP contribution in [0.1, 0.15) is 46.6 Å². The molecule has 1 spiro atoms. The van der Waals surface area contributed by atoms with Crippen LogP contribution in [0.5, 0.6) is 0 Å². The normalized spacial score (nSPS) is 19.3. The van der Waals surface area contributed by atoms with Gasteiger partial charge in [0.05, 0.1) is 5.56 Å². The van der Waals surface area contributed by atoms with Crippen molar-refractivity contribution in [1.82, 2.24) is 14.8 Å². The number of nitrogens with one attached hydrogen (secondary N) is 1. The molecule has 0 radical (unpaired) electrons. The zero-order valence-electron chi connectivity index (χ0n) is 16.1. The predicted octanol–water partition coefficient (Wildman–Crippen LogP) is 3.62. The van der Waals surface area contributed by atoms with Crippen molar-refractivity contribution >= 4 is 5.91 Å². The van der Waals surface area contributed by atoms with E-state index in [0.29, 0.717) is 5.41 Å². The molecule has 0 aliphatic carbocycles. The van der Waals surface area contributed by atoms with Crippen molar-refractivity contribution in [2.45, 2.75) is 40.0 Å². The largest absolute Gasteiger partial charge is 0.339 e. The Kier molecular flexibility index (Phi) is 4.39. The van der Waals surface area contributed by atoms with Crippen LogP contribution in [0, 0.1) is 26.2 Å². The van der Waals surface area contributed by atoms with Crippen LogP contribution < -0.4 is 5.32 Å². The predicted molar refractivity (Wildman–Crippen MR) is 105 cm³/mol. The fourth-order valence-corrected chi connectivity index (χ4v) is 4.74. The van der Waals surface area contributed by atoms with Crippen LogP contribution in [0.15, 0.2) is 30.3 Å². The average molecular weight is 351 g/mol. The highest BCUT2D eigenvalue weighted by atomic mass is 16.2. The van der Waals surface area contributed by atoms with Gasteiger partial charge in [-0.25, -0.2) is 0 Å². The summed E-state index contributed by atoms with van der Waals surface area (Å²) in [5.74, 6) is 0.193. The van der Waals surface area contributed by atoms with Crippen LogP contribution in [0.3, 0.4) is 0 Å². The number of piperidine rings is 1. The van der Waals surface area contributed by atoms with Crippen LogP contribution in [-0.2, 0) is 0 Å². The molecule has 0 unspecified atom stereocenters. The van der Waals surface area contributed by atoms with E-state index in [2.05, 4.69) is 65.9 Å². The third kappa shape index (κ3) is 2.86. The first-order chi connectivity index (χ1) is 12.5. The number of hydrogen-bond acceptors (Lipinski definition) is 2. The van der Waals surface area contributed by atoms with Crippen LogP contribution in [0.25, 0.3) is 5.69 Å². The Morgan fingerprint density at radius 2 is 1.81 bits per heavy atom. The van der Waals surface area contributed by atoms with E-state index in [-0.39, 0.29) is 5.91 Å². The first-order valence-corrected chi connectivity index (χ1v) is 9.76. The summed E-state index contributed by atoms with van der Waals surface area (Å²) in [5, 5.41) is 3.50. The molecule has 0 saturated carbocycles. The van der Waals surface area contributed by atoms with E-state index in [4.69, 9.17) is 0 Å². The molecule has 1 N–H and O–H groups in total. The van der Waals surface area contributed by atoms with Crippen LogP contribution >= 0.6 is 0 Å². The Morgan fingerprint density at radius 1 is 1.08 bits per heavy atom. The molecular weight excluding hydrogens is 322 g/mol. The highest BCUT2D eigenvalue weighted by Gasteiger charge is 2.38. The number of rotatable bonds is 2. The van der Waals surface area contributed by atoms with E-state index < -0.39 is 0 Å². The number of aryl methyl sites for hydroxylation is 2. The van der Waals surface area contributed by atoms with Crippen molar-refractivity contribution in [2.24, 2.45) is 5.41 Å². The fraction of sp³-hybridized carbons (Fsp3) is 0.500. The van der Waals surface area contributed by atoms with Gasteiger partial charge in [0.15, 0.2) is 0 Å². The number of amides is 1. The smallest absolute Gasteiger partial charge is 0.255 e. The standard InChI is InChI=1S/C22H29N3O/c1-16-6-4-5-7-20(16)25-17(2)14-19(18(25)3)21(26)24-12-9-22(10-13-24)8-11-23-15-22/h4-7,14,23H,8-13,15H2,1-3H3. The van der Waals surface area contributed by atoms with Gasteiger partial charge in [-0.3, -0.25) is 4.79 Å². The van der Waals surface area contributed by atoms with Gasteiger partial charge in [-0.2, -0.15) is 0 Å². The molecule has 1 aromatic carbocycles. The summed E-state index contributed by atoms with van der Waals surface area (Å²) in [6, 6.07) is 10.4. The van der Waals surface area contributed by atoms with Gasteiger partial charge in [0.2, 0.25) is 0 Å². The lowest BCUT2D eigenvalue weighted by Crippen LogP contribution is -2.44. The molecule has 4 rings (SSSR count). The second-order valence-corrected chi connectivity index (χ2v) is 8.13. The van der Waals surface area contributed by atoms with Crippen LogP contribution in [-0.4, -0.2) is 41.6 Å². The van der Waals surface area contributed by atoms with Crippen molar-refractivity contribution in [3.05, 3.63) is 52.8 Å². The second kappa shape index (κ2) is 6.58. The number of carbonyl (C=O) groups is 1. The molecule has 2 saturated heterocycles. The maximum Gasteiger partial charge on any atom is 0.255 e. The van der Waals surface area contributed by atoms with Gasteiger partial charge in [0.1, 0.15) is 0 Å². The number of aromatic nitrogens is 1. The van der Waals surface area contributed by atoms with Crippen molar-refractivity contribution in [1.29, 1.82) is 0 Å². The lowest BCUT2D eigenvalue weighted by molar-refractivity contribution is 0.0607. The van der Waals surface area contributed by atoms with E-state index in [9.17, 15) is 4.79 Å². The van der Waals surface area contributed by atoms with E-state index in [1.165, 1.54) is 12.0 Å². The minimum Gasteiger partial charge on any atom is -0.339 e. The summed E-state index contributed by atoms with van der Waals surface area (Å²) in [7, 11) is 0. The molecule has 138 valence electrons. The Bertz CT molecular complexity index is 820. The summed E-state index contributed by atoms with van der Waals surface area (Å²) >= 11 is 0. The molecule has 26 heavy (non-hydrogen) atoms. The van der Waals surface area contributed by atoms with Gasteiger partial charge in [-0.1, -0.05) is 18.2 Å². The number of benzene rings is 1. The topological polar surface area (TPSA) is 37.3 Å². The Labute approximate surface area is 156 Å². The molecular formula is C22H29N3O. The van der Waals surface area contributed by atoms with Crippen LogP contribution in [0.4, 0.5) is 0 Å². The number of likely N-dealkylation sites (tertiary alicyclic amines) is 1. The molecule has 2 aromatic rings. The molecule has 4 nitrogen and oxygen atoms in total. The minimum atomic E-state index is 0.193. The first-order valence-electron chi connectivity index (χ1n) is 9.76. The van der Waals surface area contributed by atoms with Gasteiger partial charge in [-0.05, 0) is 69.7 Å². The monoisotopic (exact) mass is 351 g/mol. The van der Waals surface area contributed by atoms with Gasteiger partial charge in [-0.15, -0.1) is 0 Å². The molecule has 2 aliphatic heterocycles. The van der Waals surface area contributed by atoms with Crippen molar-refractivity contribution in [3.8, 4) is 5.69 Å². The number of carbonyl (C=O) groups excluding carboxylic acids is 1. The average Bonchev–Trinajstić information content (AvgIpc) is 3.20. The Balaban J connectivity index is 1.58. The van der Waals surface area contributed by atoms with E-state index in [1.807, 2.05) is 0 Å². The van der Waals surface area contributed by atoms with Gasteiger partial charge in [0.25, 0.3) is 5.91 Å². The van der Waals surface area contributed by atoms with Crippen molar-refractivity contribution in [3.63, 3.8) is 0 Å². The molecule has 1 aromatic heterocycles. The molecule has 0 atom stereocenters. The quantitative estimate of drug-likeness (QED) is 0.897. The maximum atomic E-state index is 13.2. The number of para-hydroxylation sites is 1. The number of hydrogen-bond donors (Lipinski definition) is 1. The summed E-state index contributed by atoms with van der Waals surface area (Å²) in [6.45, 7) is 10.3. The van der Waals surface area contributed by atoms with E-state index in [1.54, 1.807) is 0 Å². The highest BCUT2D eigenvalue weighted by molar-refractivity contribution is 5.96. The molecule has 0 bridgehead atoms. The molecule has 4 heteroatoms. The van der Waals surface area contributed by atoms with Gasteiger partial charge < -0.3 is 14.8 Å². The molecule has 2 fully saturated rings. The molecule has 2 aliphatic rings. The summed E-state index contributed by atoms with van der Waals surface area (Å²) in [6.07, 6.45) is 3.52.